The number of fused-ring (bicyclic) bond motifs is 1. The van der Waals surface area contributed by atoms with Crippen LogP contribution in [0.1, 0.15) is 30.5 Å². The van der Waals surface area contributed by atoms with E-state index in [1.807, 2.05) is 45.9 Å². The lowest BCUT2D eigenvalue weighted by atomic mass is 10.1. The number of carbonyl (C=O) groups excluding carboxylic acids is 1. The maximum Gasteiger partial charge on any atom is 0.283 e. The van der Waals surface area contributed by atoms with Gasteiger partial charge in [0.05, 0.1) is 17.2 Å². The number of thioether (sulfide) groups is 1. The van der Waals surface area contributed by atoms with E-state index in [0.29, 0.717) is 42.1 Å². The molecule has 9 heteroatoms. The van der Waals surface area contributed by atoms with Crippen molar-refractivity contribution in [2.75, 3.05) is 19.8 Å². The van der Waals surface area contributed by atoms with Gasteiger partial charge in [-0.1, -0.05) is 23.8 Å². The van der Waals surface area contributed by atoms with Crippen molar-refractivity contribution in [2.45, 2.75) is 27.7 Å². The van der Waals surface area contributed by atoms with Crippen LogP contribution in [0.5, 0.6) is 17.2 Å². The first-order valence-corrected chi connectivity index (χ1v) is 11.7. The Hall–Kier alpha value is -3.59. The Bertz CT molecular complexity index is 1240. The molecule has 2 aliphatic heterocycles. The van der Waals surface area contributed by atoms with Crippen molar-refractivity contribution in [3.63, 3.8) is 0 Å². The molecule has 0 saturated carbocycles. The van der Waals surface area contributed by atoms with Crippen LogP contribution < -0.4 is 14.2 Å². The molecule has 1 N–H and O–H groups in total. The first kappa shape index (κ1) is 23.6. The molecule has 34 heavy (non-hydrogen) atoms. The van der Waals surface area contributed by atoms with Crippen LogP contribution in [-0.4, -0.2) is 46.8 Å². The summed E-state index contributed by atoms with van der Waals surface area (Å²) in [5.41, 5.74) is 3.14. The fourth-order valence-electron chi connectivity index (χ4n) is 3.52. The predicted molar refractivity (Wildman–Crippen MR) is 135 cm³/mol. The molecule has 0 saturated heterocycles. The van der Waals surface area contributed by atoms with E-state index in [1.54, 1.807) is 18.2 Å². The van der Waals surface area contributed by atoms with Gasteiger partial charge in [0.1, 0.15) is 19.0 Å². The summed E-state index contributed by atoms with van der Waals surface area (Å²) in [6, 6.07) is 11.4. The largest absolute Gasteiger partial charge is 0.490 e. The third-order valence-electron chi connectivity index (χ3n) is 5.06. The van der Waals surface area contributed by atoms with Gasteiger partial charge in [-0.2, -0.15) is 15.1 Å². The topological polar surface area (TPSA) is 96.6 Å². The highest BCUT2D eigenvalue weighted by atomic mass is 32.2. The lowest BCUT2D eigenvalue weighted by Crippen LogP contribution is -2.35. The SMILES string of the molecule is CCOc1cc(/C=C2\C(=N)N3N=C(C)SC3=NC2=O)ccc1OCCOc1ccc(C)cc1C. The van der Waals surface area contributed by atoms with Crippen LogP contribution in [0.15, 0.2) is 52.1 Å². The predicted octanol–water partition coefficient (Wildman–Crippen LogP) is 4.80. The van der Waals surface area contributed by atoms with Crippen molar-refractivity contribution in [2.24, 2.45) is 10.1 Å². The lowest BCUT2D eigenvalue weighted by molar-refractivity contribution is -0.114. The highest BCUT2D eigenvalue weighted by molar-refractivity contribution is 8.26. The normalized spacial score (nSPS) is 16.4. The molecule has 0 radical (unpaired) electrons. The first-order valence-electron chi connectivity index (χ1n) is 10.9. The van der Waals surface area contributed by atoms with Crippen molar-refractivity contribution < 1.29 is 19.0 Å². The minimum atomic E-state index is -0.463. The fraction of sp³-hybridized carbons (Fsp3) is 0.280. The van der Waals surface area contributed by atoms with E-state index in [2.05, 4.69) is 16.2 Å². The first-order chi connectivity index (χ1) is 16.4. The fourth-order valence-corrected chi connectivity index (χ4v) is 4.25. The Kier molecular flexibility index (Phi) is 7.02. The second kappa shape index (κ2) is 10.1. The number of hydrazone groups is 1. The van der Waals surface area contributed by atoms with Crippen LogP contribution >= 0.6 is 11.8 Å². The van der Waals surface area contributed by atoms with Gasteiger partial charge >= 0.3 is 0 Å². The molecule has 0 fully saturated rings. The zero-order valence-electron chi connectivity index (χ0n) is 19.5. The number of rotatable bonds is 8. The van der Waals surface area contributed by atoms with Gasteiger partial charge in [0.2, 0.25) is 5.17 Å². The van der Waals surface area contributed by atoms with Gasteiger partial charge in [0, 0.05) is 0 Å². The van der Waals surface area contributed by atoms with Gasteiger partial charge in [-0.05, 0) is 74.9 Å². The standard InChI is InChI=1S/C25H26N4O4S/c1-5-31-22-14-18(13-19-23(26)29-25(27-24(19)30)34-17(4)28-29)7-9-21(22)33-11-10-32-20-8-6-15(2)12-16(20)3/h6-9,12-14,26H,5,10-11H2,1-4H3/b19-13+,26-23?. The van der Waals surface area contributed by atoms with E-state index < -0.39 is 5.91 Å². The smallest absolute Gasteiger partial charge is 0.283 e. The van der Waals surface area contributed by atoms with E-state index in [0.717, 1.165) is 16.4 Å². The number of ether oxygens (including phenoxy) is 3. The Morgan fingerprint density at radius 3 is 2.47 bits per heavy atom. The van der Waals surface area contributed by atoms with E-state index in [4.69, 9.17) is 19.6 Å². The molecule has 0 aromatic heterocycles. The highest BCUT2D eigenvalue weighted by Gasteiger charge is 2.34. The van der Waals surface area contributed by atoms with Crippen molar-refractivity contribution in [1.82, 2.24) is 5.01 Å². The molecule has 2 aliphatic rings. The van der Waals surface area contributed by atoms with Gasteiger partial charge < -0.3 is 14.2 Å². The Labute approximate surface area is 202 Å². The lowest BCUT2D eigenvalue weighted by Gasteiger charge is -2.20. The number of benzene rings is 2. The van der Waals surface area contributed by atoms with Gasteiger partial charge in [-0.3, -0.25) is 10.2 Å². The van der Waals surface area contributed by atoms with Gasteiger partial charge in [-0.25, -0.2) is 0 Å². The Morgan fingerprint density at radius 1 is 1.00 bits per heavy atom. The molecule has 0 bridgehead atoms. The van der Waals surface area contributed by atoms with Crippen molar-refractivity contribution in [3.05, 3.63) is 58.7 Å². The minimum Gasteiger partial charge on any atom is -0.490 e. The molecular weight excluding hydrogens is 452 g/mol. The van der Waals surface area contributed by atoms with Crippen LogP contribution in [-0.2, 0) is 4.79 Å². The van der Waals surface area contributed by atoms with Crippen LogP contribution in [0, 0.1) is 19.3 Å². The van der Waals surface area contributed by atoms with E-state index >= 15 is 0 Å². The average molecular weight is 479 g/mol. The summed E-state index contributed by atoms with van der Waals surface area (Å²) in [4.78, 5) is 16.6. The maximum absolute atomic E-state index is 12.5. The van der Waals surface area contributed by atoms with Gasteiger partial charge in [-0.15, -0.1) is 0 Å². The third kappa shape index (κ3) is 5.14. The molecule has 2 aromatic rings. The van der Waals surface area contributed by atoms with Gasteiger partial charge in [0.25, 0.3) is 5.91 Å². The highest BCUT2D eigenvalue weighted by Crippen LogP contribution is 2.32. The van der Waals surface area contributed by atoms with Crippen LogP contribution in [0.25, 0.3) is 6.08 Å². The van der Waals surface area contributed by atoms with Crippen LogP contribution in [0.4, 0.5) is 0 Å². The number of carbonyl (C=O) groups is 1. The molecule has 0 unspecified atom stereocenters. The minimum absolute atomic E-state index is 0.00110. The molecule has 4 rings (SSSR count). The molecular formula is C25H26N4O4S. The summed E-state index contributed by atoms with van der Waals surface area (Å²) in [7, 11) is 0. The van der Waals surface area contributed by atoms with Gasteiger partial charge in [0.15, 0.2) is 17.3 Å². The average Bonchev–Trinajstić information content (AvgIpc) is 3.17. The second-order valence-electron chi connectivity index (χ2n) is 7.74. The number of nitrogens with zero attached hydrogens (tertiary/aromatic N) is 3. The number of hydrogen-bond donors (Lipinski definition) is 1. The van der Waals surface area contributed by atoms with E-state index in [-0.39, 0.29) is 11.4 Å². The summed E-state index contributed by atoms with van der Waals surface area (Å²) in [6.07, 6.45) is 1.62. The third-order valence-corrected chi connectivity index (χ3v) is 5.89. The maximum atomic E-state index is 12.5. The molecule has 2 aromatic carbocycles. The molecule has 8 nitrogen and oxygen atoms in total. The number of hydrogen-bond acceptors (Lipinski definition) is 7. The number of nitrogens with one attached hydrogen (secondary N) is 1. The quantitative estimate of drug-likeness (QED) is 0.432. The Morgan fingerprint density at radius 2 is 1.74 bits per heavy atom. The van der Waals surface area contributed by atoms with Crippen molar-refractivity contribution in [3.8, 4) is 17.2 Å². The summed E-state index contributed by atoms with van der Waals surface area (Å²) in [5, 5.41) is 15.2. The number of amidine groups is 2. The van der Waals surface area contributed by atoms with Crippen molar-refractivity contribution >= 4 is 39.8 Å². The zero-order chi connectivity index (χ0) is 24.2. The zero-order valence-corrected chi connectivity index (χ0v) is 20.4. The summed E-state index contributed by atoms with van der Waals surface area (Å²) in [5.74, 6) is 1.50. The summed E-state index contributed by atoms with van der Waals surface area (Å²) in [6.45, 7) is 8.96. The molecule has 0 spiro atoms. The molecule has 176 valence electrons. The molecule has 1 amide bonds. The second-order valence-corrected chi connectivity index (χ2v) is 8.90. The van der Waals surface area contributed by atoms with E-state index in [9.17, 15) is 4.79 Å². The number of aryl methyl sites for hydroxylation is 2. The van der Waals surface area contributed by atoms with Crippen LogP contribution in [0.3, 0.4) is 0 Å². The molecule has 0 aliphatic carbocycles. The Balaban J connectivity index is 1.46. The summed E-state index contributed by atoms with van der Waals surface area (Å²) < 4.78 is 17.5. The van der Waals surface area contributed by atoms with Crippen molar-refractivity contribution in [1.29, 1.82) is 5.41 Å². The number of amides is 1. The monoisotopic (exact) mass is 478 g/mol. The molecule has 2 heterocycles. The molecule has 0 atom stereocenters. The summed E-state index contributed by atoms with van der Waals surface area (Å²) >= 11 is 1.28. The number of aliphatic imine (C=N–C) groups is 1. The van der Waals surface area contributed by atoms with E-state index in [1.165, 1.54) is 22.3 Å². The van der Waals surface area contributed by atoms with Crippen LogP contribution in [0.2, 0.25) is 0 Å².